The highest BCUT2D eigenvalue weighted by molar-refractivity contribution is 7.51. The van der Waals surface area contributed by atoms with Gasteiger partial charge in [0.1, 0.15) is 0 Å². The molecule has 0 fully saturated rings. The minimum Gasteiger partial charge on any atom is -0.481 e. The van der Waals surface area contributed by atoms with E-state index in [9.17, 15) is 9.36 Å². The Bertz CT molecular complexity index is 210. The van der Waals surface area contributed by atoms with E-state index in [0.717, 1.165) is 19.3 Å². The number of rotatable bonds is 8. The van der Waals surface area contributed by atoms with Crippen LogP contribution in [0.3, 0.4) is 0 Å². The van der Waals surface area contributed by atoms with Crippen LogP contribution in [0.2, 0.25) is 0 Å². The second-order valence-electron chi connectivity index (χ2n) is 3.30. The SMILES string of the molecule is O=C(O)CCCCCCCP(=O)(O)O. The predicted octanol–water partition coefficient (Wildman–Crippen LogP) is 1.59. The van der Waals surface area contributed by atoms with Crippen molar-refractivity contribution >= 4 is 13.6 Å². The number of hydrogen-bond acceptors (Lipinski definition) is 2. The number of carbonyl (C=O) groups is 1. The van der Waals surface area contributed by atoms with Crippen LogP contribution in [-0.2, 0) is 9.36 Å². The summed E-state index contributed by atoms with van der Waals surface area (Å²) in [7, 11) is -3.83. The molecule has 0 aromatic heterocycles. The predicted molar refractivity (Wildman–Crippen MR) is 52.2 cm³/mol. The highest BCUT2D eigenvalue weighted by Gasteiger charge is 2.10. The van der Waals surface area contributed by atoms with E-state index >= 15 is 0 Å². The van der Waals surface area contributed by atoms with Crippen LogP contribution in [0.1, 0.15) is 38.5 Å². The van der Waals surface area contributed by atoms with Gasteiger partial charge >= 0.3 is 13.6 Å². The van der Waals surface area contributed by atoms with Crippen LogP contribution in [0.25, 0.3) is 0 Å². The van der Waals surface area contributed by atoms with Gasteiger partial charge in [0.2, 0.25) is 0 Å². The van der Waals surface area contributed by atoms with Gasteiger partial charge in [0.15, 0.2) is 0 Å². The minimum atomic E-state index is -3.83. The fourth-order valence-corrected chi connectivity index (χ4v) is 1.76. The third kappa shape index (κ3) is 11.6. The molecule has 0 aliphatic carbocycles. The molecule has 0 atom stereocenters. The van der Waals surface area contributed by atoms with Crippen LogP contribution in [0.5, 0.6) is 0 Å². The first kappa shape index (κ1) is 13.6. The quantitative estimate of drug-likeness (QED) is 0.430. The molecule has 0 bridgehead atoms. The minimum absolute atomic E-state index is 0.0636. The molecule has 0 saturated heterocycles. The smallest absolute Gasteiger partial charge is 0.325 e. The van der Waals surface area contributed by atoms with Crippen molar-refractivity contribution in [1.29, 1.82) is 0 Å². The molecule has 0 rings (SSSR count). The van der Waals surface area contributed by atoms with Crippen molar-refractivity contribution in [3.63, 3.8) is 0 Å². The van der Waals surface area contributed by atoms with Crippen molar-refractivity contribution in [2.75, 3.05) is 6.16 Å². The molecule has 0 aromatic rings. The van der Waals surface area contributed by atoms with E-state index in [0.29, 0.717) is 12.8 Å². The number of hydrogen-bond donors (Lipinski definition) is 3. The summed E-state index contributed by atoms with van der Waals surface area (Å²) in [6.07, 6.45) is 3.68. The van der Waals surface area contributed by atoms with Gasteiger partial charge in [0, 0.05) is 12.6 Å². The van der Waals surface area contributed by atoms with Crippen LogP contribution in [-0.4, -0.2) is 27.0 Å². The third-order valence-electron chi connectivity index (χ3n) is 1.84. The molecule has 6 heteroatoms. The molecule has 0 spiro atoms. The van der Waals surface area contributed by atoms with Crippen molar-refractivity contribution in [1.82, 2.24) is 0 Å². The zero-order valence-electron chi connectivity index (χ0n) is 8.06. The van der Waals surface area contributed by atoms with Gasteiger partial charge in [-0.05, 0) is 12.8 Å². The van der Waals surface area contributed by atoms with E-state index in [4.69, 9.17) is 14.9 Å². The van der Waals surface area contributed by atoms with Gasteiger partial charge in [-0.2, -0.15) is 0 Å². The normalized spacial score (nSPS) is 11.6. The Morgan fingerprint density at radius 2 is 1.50 bits per heavy atom. The molecule has 0 radical (unpaired) electrons. The Hall–Kier alpha value is -0.380. The molecule has 5 nitrogen and oxygen atoms in total. The molecule has 0 amide bonds. The summed E-state index contributed by atoms with van der Waals surface area (Å²) in [5, 5.41) is 8.32. The van der Waals surface area contributed by atoms with E-state index in [1.165, 1.54) is 0 Å². The standard InChI is InChI=1S/C8H17O5P/c9-8(10)6-4-2-1-3-5-7-14(11,12)13/h1-7H2,(H,9,10)(H2,11,12,13). The molecular weight excluding hydrogens is 207 g/mol. The van der Waals surface area contributed by atoms with Gasteiger partial charge in [-0.25, -0.2) is 0 Å². The Morgan fingerprint density at radius 1 is 1.00 bits per heavy atom. The lowest BCUT2D eigenvalue weighted by molar-refractivity contribution is -0.137. The molecule has 0 aliphatic rings. The maximum Gasteiger partial charge on any atom is 0.325 e. The largest absolute Gasteiger partial charge is 0.481 e. The maximum atomic E-state index is 10.4. The number of aliphatic carboxylic acids is 1. The summed E-state index contributed by atoms with van der Waals surface area (Å²) < 4.78 is 10.4. The van der Waals surface area contributed by atoms with E-state index in [-0.39, 0.29) is 12.6 Å². The molecule has 14 heavy (non-hydrogen) atoms. The summed E-state index contributed by atoms with van der Waals surface area (Å²) >= 11 is 0. The molecule has 84 valence electrons. The first-order chi connectivity index (χ1) is 6.42. The average molecular weight is 224 g/mol. The molecule has 0 aromatic carbocycles. The summed E-state index contributed by atoms with van der Waals surface area (Å²) in [6, 6.07) is 0. The van der Waals surface area contributed by atoms with Crippen molar-refractivity contribution in [2.45, 2.75) is 38.5 Å². The molecule has 0 heterocycles. The molecule has 0 saturated carbocycles. The topological polar surface area (TPSA) is 94.8 Å². The molecular formula is C8H17O5P. The molecule has 0 unspecified atom stereocenters. The van der Waals surface area contributed by atoms with E-state index in [1.807, 2.05) is 0 Å². The first-order valence-corrected chi connectivity index (χ1v) is 6.48. The number of carboxylic acid groups (broad SMARTS) is 1. The van der Waals surface area contributed by atoms with Crippen LogP contribution in [0.15, 0.2) is 0 Å². The number of unbranched alkanes of at least 4 members (excludes halogenated alkanes) is 4. The zero-order chi connectivity index (χ0) is 11.0. The Kier molecular flexibility index (Phi) is 6.79. The number of carboxylic acids is 1. The maximum absolute atomic E-state index is 10.4. The van der Waals surface area contributed by atoms with Gasteiger partial charge in [-0.15, -0.1) is 0 Å². The van der Waals surface area contributed by atoms with Crippen LogP contribution in [0, 0.1) is 0 Å². The van der Waals surface area contributed by atoms with E-state index in [2.05, 4.69) is 0 Å². The zero-order valence-corrected chi connectivity index (χ0v) is 8.95. The lowest BCUT2D eigenvalue weighted by atomic mass is 10.1. The van der Waals surface area contributed by atoms with Crippen LogP contribution in [0.4, 0.5) is 0 Å². The van der Waals surface area contributed by atoms with Crippen LogP contribution >= 0.6 is 7.60 Å². The summed E-state index contributed by atoms with van der Waals surface area (Å²) in [5.41, 5.74) is 0. The van der Waals surface area contributed by atoms with E-state index in [1.54, 1.807) is 0 Å². The van der Waals surface area contributed by atoms with Gasteiger partial charge in [0.05, 0.1) is 0 Å². The van der Waals surface area contributed by atoms with Gasteiger partial charge in [-0.3, -0.25) is 9.36 Å². The van der Waals surface area contributed by atoms with Gasteiger partial charge in [0.25, 0.3) is 0 Å². The van der Waals surface area contributed by atoms with Crippen molar-refractivity contribution in [3.8, 4) is 0 Å². The lowest BCUT2D eigenvalue weighted by Crippen LogP contribution is -1.94. The lowest BCUT2D eigenvalue weighted by Gasteiger charge is -2.02. The van der Waals surface area contributed by atoms with Crippen molar-refractivity contribution < 1.29 is 24.3 Å². The Labute approximate surface area is 83.3 Å². The summed E-state index contributed by atoms with van der Waals surface area (Å²) in [5.74, 6) is -0.791. The Morgan fingerprint density at radius 3 is 2.00 bits per heavy atom. The summed E-state index contributed by atoms with van der Waals surface area (Å²) in [6.45, 7) is 0. The second kappa shape index (κ2) is 6.98. The summed E-state index contributed by atoms with van der Waals surface area (Å²) in [4.78, 5) is 27.2. The first-order valence-electron chi connectivity index (χ1n) is 4.68. The fraction of sp³-hybridized carbons (Fsp3) is 0.875. The second-order valence-corrected chi connectivity index (χ2v) is 5.08. The van der Waals surface area contributed by atoms with Crippen molar-refractivity contribution in [3.05, 3.63) is 0 Å². The van der Waals surface area contributed by atoms with Gasteiger partial charge < -0.3 is 14.9 Å². The monoisotopic (exact) mass is 224 g/mol. The molecule has 0 aliphatic heterocycles. The highest BCUT2D eigenvalue weighted by Crippen LogP contribution is 2.35. The Balaban J connectivity index is 3.15. The average Bonchev–Trinajstić information content (AvgIpc) is 2.00. The molecule has 3 N–H and O–H groups in total. The fourth-order valence-electron chi connectivity index (χ4n) is 1.12. The van der Waals surface area contributed by atoms with Crippen LogP contribution < -0.4 is 0 Å². The third-order valence-corrected chi connectivity index (χ3v) is 2.74. The van der Waals surface area contributed by atoms with E-state index < -0.39 is 13.6 Å². The van der Waals surface area contributed by atoms with Gasteiger partial charge in [-0.1, -0.05) is 19.3 Å². The highest BCUT2D eigenvalue weighted by atomic mass is 31.2. The van der Waals surface area contributed by atoms with Crippen molar-refractivity contribution in [2.24, 2.45) is 0 Å².